The summed E-state index contributed by atoms with van der Waals surface area (Å²) in [6.07, 6.45) is -0.0224. The van der Waals surface area contributed by atoms with E-state index in [9.17, 15) is 24.0 Å². The molecule has 0 heterocycles. The van der Waals surface area contributed by atoms with Crippen LogP contribution in [0, 0.1) is 0 Å². The molecular weight excluding hydrogens is 414 g/mol. The van der Waals surface area contributed by atoms with Gasteiger partial charge in [-0.25, -0.2) is 0 Å². The van der Waals surface area contributed by atoms with E-state index in [0.29, 0.717) is 6.42 Å². The van der Waals surface area contributed by atoms with E-state index in [4.69, 9.17) is 27.4 Å². The standard InChI is InChI=1S/C17H31N7O7/c1-8(22-14(28)10(18)4-3-7-21-17(19)20)13(27)24-11(5-6-12(25)26)15(29)23-9(2)16(30)31/h8-11H,3-7,18H2,1-2H3,(H,22,28)(H,23,29)(H,24,27)(H,25,26)(H,30,31)(H4,19,20,21). The number of carbonyl (C=O) groups is 5. The number of nitrogens with two attached hydrogens (primary N) is 3. The molecular formula is C17H31N7O7. The summed E-state index contributed by atoms with van der Waals surface area (Å²) in [7, 11) is 0. The van der Waals surface area contributed by atoms with Gasteiger partial charge >= 0.3 is 11.9 Å². The van der Waals surface area contributed by atoms with Crippen LogP contribution in [0.1, 0.15) is 39.5 Å². The maximum atomic E-state index is 12.4. The van der Waals surface area contributed by atoms with E-state index in [2.05, 4.69) is 20.9 Å². The number of aliphatic carboxylic acids is 2. The zero-order chi connectivity index (χ0) is 24.1. The maximum Gasteiger partial charge on any atom is 0.325 e. The van der Waals surface area contributed by atoms with Gasteiger partial charge in [-0.15, -0.1) is 0 Å². The molecule has 14 heteroatoms. The molecule has 0 aliphatic heterocycles. The molecule has 0 saturated carbocycles. The predicted molar refractivity (Wildman–Crippen MR) is 110 cm³/mol. The van der Waals surface area contributed by atoms with Crippen molar-refractivity contribution in [3.05, 3.63) is 0 Å². The fourth-order valence-electron chi connectivity index (χ4n) is 2.25. The number of nitrogens with one attached hydrogen (secondary N) is 3. The summed E-state index contributed by atoms with van der Waals surface area (Å²) in [6.45, 7) is 2.85. The molecule has 0 aromatic heterocycles. The Morgan fingerprint density at radius 3 is 1.97 bits per heavy atom. The van der Waals surface area contributed by atoms with Crippen molar-refractivity contribution >= 4 is 35.6 Å². The molecule has 0 aliphatic rings. The molecule has 0 spiro atoms. The number of rotatable bonds is 14. The molecule has 0 aromatic rings. The minimum Gasteiger partial charge on any atom is -0.481 e. The highest BCUT2D eigenvalue weighted by molar-refractivity contribution is 5.94. The van der Waals surface area contributed by atoms with Crippen molar-refractivity contribution in [3.63, 3.8) is 0 Å². The number of amides is 3. The van der Waals surface area contributed by atoms with Gasteiger partial charge in [-0.3, -0.25) is 29.0 Å². The molecule has 4 atom stereocenters. The third kappa shape index (κ3) is 12.0. The number of carboxylic acid groups (broad SMARTS) is 2. The second kappa shape index (κ2) is 13.7. The Hall–Kier alpha value is -3.42. The summed E-state index contributed by atoms with van der Waals surface area (Å²) in [4.78, 5) is 62.2. The maximum absolute atomic E-state index is 12.4. The molecule has 14 nitrogen and oxygen atoms in total. The van der Waals surface area contributed by atoms with Crippen LogP contribution in [0.4, 0.5) is 0 Å². The van der Waals surface area contributed by atoms with Gasteiger partial charge in [0.05, 0.1) is 6.04 Å². The number of hydrogen-bond donors (Lipinski definition) is 8. The number of aliphatic imine (C=N–C) groups is 1. The van der Waals surface area contributed by atoms with E-state index in [0.717, 1.165) is 0 Å². The van der Waals surface area contributed by atoms with Crippen molar-refractivity contribution in [3.8, 4) is 0 Å². The number of nitrogens with zero attached hydrogens (tertiary/aromatic N) is 1. The molecule has 176 valence electrons. The molecule has 0 aromatic carbocycles. The highest BCUT2D eigenvalue weighted by atomic mass is 16.4. The van der Waals surface area contributed by atoms with Crippen LogP contribution in [0.15, 0.2) is 4.99 Å². The topological polar surface area (TPSA) is 252 Å². The minimum atomic E-state index is -1.31. The summed E-state index contributed by atoms with van der Waals surface area (Å²) in [5.74, 6) is -4.83. The van der Waals surface area contributed by atoms with Crippen molar-refractivity contribution in [2.24, 2.45) is 22.2 Å². The zero-order valence-electron chi connectivity index (χ0n) is 17.5. The van der Waals surface area contributed by atoms with E-state index in [-0.39, 0.29) is 25.3 Å². The molecule has 4 unspecified atom stereocenters. The van der Waals surface area contributed by atoms with Crippen LogP contribution in [0.25, 0.3) is 0 Å². The fourth-order valence-corrected chi connectivity index (χ4v) is 2.25. The van der Waals surface area contributed by atoms with Crippen molar-refractivity contribution in [1.82, 2.24) is 16.0 Å². The van der Waals surface area contributed by atoms with Gasteiger partial charge in [0.15, 0.2) is 5.96 Å². The number of carbonyl (C=O) groups excluding carboxylic acids is 3. The Morgan fingerprint density at radius 1 is 0.871 bits per heavy atom. The second-order valence-corrected chi connectivity index (χ2v) is 6.85. The highest BCUT2D eigenvalue weighted by Gasteiger charge is 2.27. The number of carboxylic acids is 2. The van der Waals surface area contributed by atoms with Gasteiger partial charge in [-0.05, 0) is 33.1 Å². The molecule has 3 amide bonds. The Balaban J connectivity index is 4.85. The van der Waals surface area contributed by atoms with E-state index in [1.807, 2.05) is 0 Å². The molecule has 0 rings (SSSR count). The zero-order valence-corrected chi connectivity index (χ0v) is 17.5. The van der Waals surface area contributed by atoms with Crippen molar-refractivity contribution in [2.45, 2.75) is 63.7 Å². The Kier molecular flexibility index (Phi) is 12.2. The lowest BCUT2D eigenvalue weighted by atomic mass is 10.1. The van der Waals surface area contributed by atoms with Crippen LogP contribution in [0.2, 0.25) is 0 Å². The first-order valence-electron chi connectivity index (χ1n) is 9.51. The van der Waals surface area contributed by atoms with Gasteiger partial charge in [-0.2, -0.15) is 0 Å². The second-order valence-electron chi connectivity index (χ2n) is 6.85. The molecule has 0 fully saturated rings. The molecule has 31 heavy (non-hydrogen) atoms. The molecule has 0 radical (unpaired) electrons. The molecule has 0 saturated heterocycles. The summed E-state index contributed by atoms with van der Waals surface area (Å²) < 4.78 is 0. The van der Waals surface area contributed by atoms with Crippen LogP contribution < -0.4 is 33.2 Å². The third-order valence-electron chi connectivity index (χ3n) is 4.07. The summed E-state index contributed by atoms with van der Waals surface area (Å²) in [5.41, 5.74) is 16.1. The van der Waals surface area contributed by atoms with E-state index >= 15 is 0 Å². The van der Waals surface area contributed by atoms with Gasteiger partial charge in [0.2, 0.25) is 17.7 Å². The Labute approximate surface area is 179 Å². The fraction of sp³-hybridized carbons (Fsp3) is 0.647. The van der Waals surface area contributed by atoms with Crippen LogP contribution in [0.5, 0.6) is 0 Å². The average Bonchev–Trinajstić information content (AvgIpc) is 2.67. The lowest BCUT2D eigenvalue weighted by Crippen LogP contribution is -2.56. The predicted octanol–water partition coefficient (Wildman–Crippen LogP) is -3.19. The summed E-state index contributed by atoms with van der Waals surface area (Å²) >= 11 is 0. The van der Waals surface area contributed by atoms with Crippen molar-refractivity contribution in [1.29, 1.82) is 0 Å². The van der Waals surface area contributed by atoms with Crippen molar-refractivity contribution in [2.75, 3.05) is 6.54 Å². The highest BCUT2D eigenvalue weighted by Crippen LogP contribution is 2.01. The molecule has 11 N–H and O–H groups in total. The quantitative estimate of drug-likeness (QED) is 0.0755. The molecule has 0 aliphatic carbocycles. The minimum absolute atomic E-state index is 0.0810. The Bertz CT molecular complexity index is 694. The van der Waals surface area contributed by atoms with E-state index < -0.39 is 60.2 Å². The smallest absolute Gasteiger partial charge is 0.325 e. The van der Waals surface area contributed by atoms with Gasteiger partial charge in [-0.1, -0.05) is 0 Å². The summed E-state index contributed by atoms with van der Waals surface area (Å²) in [5, 5.41) is 24.6. The van der Waals surface area contributed by atoms with Gasteiger partial charge in [0.1, 0.15) is 18.1 Å². The lowest BCUT2D eigenvalue weighted by Gasteiger charge is -2.22. The lowest BCUT2D eigenvalue weighted by molar-refractivity contribution is -0.142. The van der Waals surface area contributed by atoms with E-state index in [1.54, 1.807) is 0 Å². The number of guanidine groups is 1. The average molecular weight is 445 g/mol. The van der Waals surface area contributed by atoms with Gasteiger partial charge in [0.25, 0.3) is 0 Å². The van der Waals surface area contributed by atoms with Crippen molar-refractivity contribution < 1.29 is 34.2 Å². The normalized spacial score (nSPS) is 14.3. The largest absolute Gasteiger partial charge is 0.481 e. The first-order valence-corrected chi connectivity index (χ1v) is 9.51. The number of hydrogen-bond acceptors (Lipinski definition) is 7. The van der Waals surface area contributed by atoms with E-state index in [1.165, 1.54) is 13.8 Å². The van der Waals surface area contributed by atoms with Crippen LogP contribution in [-0.4, -0.2) is 76.5 Å². The van der Waals surface area contributed by atoms with Crippen LogP contribution in [-0.2, 0) is 24.0 Å². The SMILES string of the molecule is CC(NC(=O)C(CCC(=O)O)NC(=O)C(C)NC(=O)C(N)CCCN=C(N)N)C(=O)O. The van der Waals surface area contributed by atoms with Crippen LogP contribution >= 0.6 is 0 Å². The first-order chi connectivity index (χ1) is 14.3. The third-order valence-corrected chi connectivity index (χ3v) is 4.07. The first kappa shape index (κ1) is 27.6. The van der Waals surface area contributed by atoms with Gasteiger partial charge < -0.3 is 43.4 Å². The van der Waals surface area contributed by atoms with Gasteiger partial charge in [0, 0.05) is 13.0 Å². The van der Waals surface area contributed by atoms with Crippen LogP contribution in [0.3, 0.4) is 0 Å². The Morgan fingerprint density at radius 2 is 1.45 bits per heavy atom. The monoisotopic (exact) mass is 445 g/mol. The molecule has 0 bridgehead atoms. The summed E-state index contributed by atoms with van der Waals surface area (Å²) in [6, 6.07) is -4.57.